The van der Waals surface area contributed by atoms with E-state index in [2.05, 4.69) is 0 Å². The molecule has 9 heavy (non-hydrogen) atoms. The van der Waals surface area contributed by atoms with Gasteiger partial charge in [0.05, 0.1) is 11.9 Å². The Bertz CT molecular complexity index is 77.1. The molecule has 0 aliphatic carbocycles. The molecule has 0 amide bonds. The van der Waals surface area contributed by atoms with E-state index in [4.69, 9.17) is 19.8 Å². The molecule has 1 radical (unpaired) electrons. The molecule has 0 rings (SSSR count). The average molecular weight is 183 g/mol. The maximum absolute atomic E-state index is 8.93. The molecule has 0 spiro atoms. The Morgan fingerprint density at radius 2 is 1.00 bits per heavy atom. The summed E-state index contributed by atoms with van der Waals surface area (Å²) in [5.74, 6) is -4.37. The Hall–Kier alpha value is -0.634. The summed E-state index contributed by atoms with van der Waals surface area (Å²) in [6.45, 7) is 0. The summed E-state index contributed by atoms with van der Waals surface area (Å²) in [4.78, 5) is 17.9. The fourth-order valence-electron chi connectivity index (χ4n) is 0. The van der Waals surface area contributed by atoms with Crippen LogP contribution in [0.25, 0.3) is 0 Å². The molecule has 0 unspecified atom stereocenters. The van der Waals surface area contributed by atoms with Crippen molar-refractivity contribution in [3.8, 4) is 0 Å². The van der Waals surface area contributed by atoms with Gasteiger partial charge in [0.2, 0.25) is 0 Å². The SMILES string of the molecule is O.O.O=C([O-])C(=O)[O-].[Co]. The zero-order valence-corrected chi connectivity index (χ0v) is 5.01. The first-order chi connectivity index (χ1) is 2.64. The van der Waals surface area contributed by atoms with Crippen molar-refractivity contribution in [2.24, 2.45) is 0 Å². The first-order valence-corrected chi connectivity index (χ1v) is 1.07. The van der Waals surface area contributed by atoms with Crippen LogP contribution in [0, 0.1) is 0 Å². The van der Waals surface area contributed by atoms with E-state index in [0.717, 1.165) is 0 Å². The standard InChI is InChI=1S/C2H2O4.Co.2H2O/c3-1(4)2(5)6;;;/h(H,3,4)(H,5,6);;2*1H2/p-2. The molecular weight excluding hydrogens is 179 g/mol. The van der Waals surface area contributed by atoms with Crippen LogP contribution in [-0.2, 0) is 26.4 Å². The van der Waals surface area contributed by atoms with E-state index >= 15 is 0 Å². The van der Waals surface area contributed by atoms with Crippen LogP contribution in [0.15, 0.2) is 0 Å². The van der Waals surface area contributed by atoms with E-state index in [1.165, 1.54) is 0 Å². The van der Waals surface area contributed by atoms with E-state index in [0.29, 0.717) is 0 Å². The van der Waals surface area contributed by atoms with Gasteiger partial charge in [-0.3, -0.25) is 0 Å². The van der Waals surface area contributed by atoms with Crippen LogP contribution in [0.3, 0.4) is 0 Å². The second kappa shape index (κ2) is 10.4. The summed E-state index contributed by atoms with van der Waals surface area (Å²) in [7, 11) is 0. The van der Waals surface area contributed by atoms with Crippen LogP contribution in [-0.4, -0.2) is 22.9 Å². The minimum atomic E-state index is -2.19. The van der Waals surface area contributed by atoms with Gasteiger partial charge >= 0.3 is 0 Å². The third-order valence-corrected chi connectivity index (χ3v) is 0.167. The molecule has 0 aromatic rings. The fourth-order valence-corrected chi connectivity index (χ4v) is 0. The number of carbonyl (C=O) groups excluding carboxylic acids is 2. The predicted molar refractivity (Wildman–Crippen MR) is 17.2 cm³/mol. The van der Waals surface area contributed by atoms with Crippen molar-refractivity contribution in [1.82, 2.24) is 0 Å². The average Bonchev–Trinajstić information content (AvgIpc) is 1.36. The van der Waals surface area contributed by atoms with Crippen LogP contribution in [0.4, 0.5) is 0 Å². The zero-order chi connectivity index (χ0) is 5.15. The Kier molecular flexibility index (Phi) is 27.4. The van der Waals surface area contributed by atoms with Gasteiger partial charge in [0.15, 0.2) is 0 Å². The molecular formula is C2H4CoO6-2. The largest absolute Gasteiger partial charge is 0.543 e. The van der Waals surface area contributed by atoms with Gasteiger partial charge in [0.25, 0.3) is 0 Å². The summed E-state index contributed by atoms with van der Waals surface area (Å²) in [5.41, 5.74) is 0. The fraction of sp³-hybridized carbons (Fsp3) is 0. The third-order valence-electron chi connectivity index (χ3n) is 0.167. The molecule has 0 aromatic heterocycles. The van der Waals surface area contributed by atoms with Gasteiger partial charge < -0.3 is 30.8 Å². The third kappa shape index (κ3) is 18.7. The number of carbonyl (C=O) groups is 2. The molecule has 0 saturated heterocycles. The Labute approximate surface area is 60.3 Å². The Balaban J connectivity index is -0.0000000417. The van der Waals surface area contributed by atoms with Crippen LogP contribution < -0.4 is 10.2 Å². The first-order valence-electron chi connectivity index (χ1n) is 1.07. The summed E-state index contributed by atoms with van der Waals surface area (Å²) >= 11 is 0. The molecule has 0 saturated carbocycles. The van der Waals surface area contributed by atoms with Crippen molar-refractivity contribution in [3.63, 3.8) is 0 Å². The number of hydrogen-bond donors (Lipinski definition) is 0. The summed E-state index contributed by atoms with van der Waals surface area (Å²) < 4.78 is 0. The number of carboxylic acids is 2. The van der Waals surface area contributed by atoms with Crippen molar-refractivity contribution >= 4 is 11.9 Å². The van der Waals surface area contributed by atoms with E-state index in [1.807, 2.05) is 0 Å². The van der Waals surface area contributed by atoms with Crippen LogP contribution in [0.5, 0.6) is 0 Å². The van der Waals surface area contributed by atoms with Gasteiger partial charge in [-0.25, -0.2) is 0 Å². The van der Waals surface area contributed by atoms with Crippen molar-refractivity contribution in [3.05, 3.63) is 0 Å². The molecule has 59 valence electrons. The minimum Gasteiger partial charge on any atom is -0.543 e. The smallest absolute Gasteiger partial charge is 0.0870 e. The van der Waals surface area contributed by atoms with Crippen LogP contribution in [0.2, 0.25) is 0 Å². The zero-order valence-electron chi connectivity index (χ0n) is 3.97. The van der Waals surface area contributed by atoms with E-state index in [-0.39, 0.29) is 27.7 Å². The molecule has 0 aliphatic rings. The first kappa shape index (κ1) is 23.8. The molecule has 4 N–H and O–H groups in total. The van der Waals surface area contributed by atoms with Crippen molar-refractivity contribution in [1.29, 1.82) is 0 Å². The topological polar surface area (TPSA) is 143 Å². The van der Waals surface area contributed by atoms with E-state index < -0.39 is 11.9 Å². The number of rotatable bonds is 0. The van der Waals surface area contributed by atoms with Gasteiger partial charge in [-0.05, 0) is 0 Å². The van der Waals surface area contributed by atoms with Gasteiger partial charge in [0.1, 0.15) is 0 Å². The van der Waals surface area contributed by atoms with Gasteiger partial charge in [-0.2, -0.15) is 0 Å². The van der Waals surface area contributed by atoms with Gasteiger partial charge in [-0.1, -0.05) is 0 Å². The van der Waals surface area contributed by atoms with E-state index in [1.54, 1.807) is 0 Å². The molecule has 0 aromatic carbocycles. The van der Waals surface area contributed by atoms with Crippen molar-refractivity contribution in [2.75, 3.05) is 0 Å². The Morgan fingerprint density at radius 3 is 1.00 bits per heavy atom. The van der Waals surface area contributed by atoms with Crippen LogP contribution in [0.1, 0.15) is 0 Å². The second-order valence-electron chi connectivity index (χ2n) is 0.575. The second-order valence-corrected chi connectivity index (χ2v) is 0.575. The molecule has 0 heterocycles. The normalized spacial score (nSPS) is 4.89. The molecule has 0 aliphatic heterocycles. The quantitative estimate of drug-likeness (QED) is 0.345. The van der Waals surface area contributed by atoms with Crippen molar-refractivity contribution in [2.45, 2.75) is 0 Å². The van der Waals surface area contributed by atoms with Crippen LogP contribution >= 0.6 is 0 Å². The molecule has 0 fully saturated rings. The maximum Gasteiger partial charge on any atom is 0.0870 e. The molecule has 0 atom stereocenters. The summed E-state index contributed by atoms with van der Waals surface area (Å²) in [6.07, 6.45) is 0. The maximum atomic E-state index is 8.93. The van der Waals surface area contributed by atoms with Gasteiger partial charge in [0, 0.05) is 16.8 Å². The minimum absolute atomic E-state index is 0. The summed E-state index contributed by atoms with van der Waals surface area (Å²) in [6, 6.07) is 0. The van der Waals surface area contributed by atoms with Crippen molar-refractivity contribution < 1.29 is 47.5 Å². The predicted octanol–water partition coefficient (Wildman–Crippen LogP) is -5.17. The molecule has 0 bridgehead atoms. The van der Waals surface area contributed by atoms with Gasteiger partial charge in [-0.15, -0.1) is 0 Å². The Morgan fingerprint density at radius 1 is 0.889 bits per heavy atom. The molecule has 7 heteroatoms. The number of carboxylic acid groups (broad SMARTS) is 2. The number of aliphatic carboxylic acids is 2. The van der Waals surface area contributed by atoms with E-state index in [9.17, 15) is 0 Å². The number of hydrogen-bond acceptors (Lipinski definition) is 4. The summed E-state index contributed by atoms with van der Waals surface area (Å²) in [5, 5.41) is 17.9. The monoisotopic (exact) mass is 183 g/mol. The molecule has 6 nitrogen and oxygen atoms in total.